The average Bonchev–Trinajstić information content (AvgIpc) is 3.19. The number of nitrogen functional groups attached to an aromatic ring is 1. The van der Waals surface area contributed by atoms with E-state index in [1.54, 1.807) is 0 Å². The highest BCUT2D eigenvalue weighted by Crippen LogP contribution is 2.77. The number of hydrogen-bond acceptors (Lipinski definition) is 11. The molecule has 0 spiro atoms. The van der Waals surface area contributed by atoms with E-state index >= 15 is 0 Å². The van der Waals surface area contributed by atoms with Gasteiger partial charge in [-0.05, 0) is 13.0 Å². The molecule has 3 rings (SSSR count). The molecule has 21 heteroatoms. The number of aliphatic hydroxyl groups is 2. The summed E-state index contributed by atoms with van der Waals surface area (Å²) >= 11 is 0. The Morgan fingerprint density at radius 3 is 2.53 bits per heavy atom. The van der Waals surface area contributed by atoms with Crippen LogP contribution < -0.4 is 5.73 Å². The second-order valence-corrected chi connectivity index (χ2v) is 13.7. The predicted molar refractivity (Wildman–Crippen MR) is 112 cm³/mol. The molecule has 7 N–H and O–H groups in total. The summed E-state index contributed by atoms with van der Waals surface area (Å²) in [5.74, 6) is 0.131. The van der Waals surface area contributed by atoms with Gasteiger partial charge in [-0.3, -0.25) is 13.7 Å². The van der Waals surface area contributed by atoms with Crippen molar-refractivity contribution in [1.82, 2.24) is 14.5 Å². The lowest BCUT2D eigenvalue weighted by Crippen LogP contribution is -2.44. The van der Waals surface area contributed by atoms with Gasteiger partial charge < -0.3 is 44.5 Å². The quantitative estimate of drug-likeness (QED) is 0.183. The summed E-state index contributed by atoms with van der Waals surface area (Å²) in [7, 11) is -17.4. The van der Waals surface area contributed by atoms with Crippen LogP contribution in [-0.4, -0.2) is 76.8 Å². The summed E-state index contributed by atoms with van der Waals surface area (Å²) < 4.78 is 77.7. The molecule has 0 radical (unpaired) electrons. The van der Waals surface area contributed by atoms with Gasteiger partial charge in [-0.2, -0.15) is 8.78 Å². The highest BCUT2D eigenvalue weighted by Gasteiger charge is 2.66. The maximum Gasteiger partial charge on any atom is 0.444 e. The van der Waals surface area contributed by atoms with Crippen LogP contribution in [0.4, 0.5) is 14.6 Å². The molecule has 0 aliphatic carbocycles. The second-order valence-electron chi connectivity index (χ2n) is 7.64. The number of aromatic nitrogens is 3. The van der Waals surface area contributed by atoms with E-state index in [0.717, 1.165) is 6.33 Å². The first-order valence-electron chi connectivity index (χ1n) is 9.14. The summed E-state index contributed by atoms with van der Waals surface area (Å²) in [6, 6.07) is 1.52. The largest absolute Gasteiger partial charge is 0.444 e. The molecule has 15 nitrogen and oxygen atoms in total. The average molecular weight is 550 g/mol. The SMILES string of the molecule is BP(=O)(OC[C@H]1O[C@@H](n2ccc3c(N)ncnc32)[C@](C)(O)C1O)OP(=O)(O)C(F)(F)P(=O)(O)O. The van der Waals surface area contributed by atoms with Crippen LogP contribution in [-0.2, 0) is 27.3 Å². The number of halogens is 2. The number of ether oxygens (including phenoxy) is 1. The van der Waals surface area contributed by atoms with Crippen LogP contribution in [0, 0.1) is 0 Å². The summed E-state index contributed by atoms with van der Waals surface area (Å²) in [6.45, 7) is 0.294. The van der Waals surface area contributed by atoms with E-state index in [9.17, 15) is 37.6 Å². The minimum atomic E-state index is -6.49. The summed E-state index contributed by atoms with van der Waals surface area (Å²) in [6.07, 6.45) is -1.89. The number of nitrogens with zero attached hydrogens (tertiary/aromatic N) is 3. The molecular weight excluding hydrogens is 530 g/mol. The lowest BCUT2D eigenvalue weighted by Gasteiger charge is -2.27. The molecule has 2 aromatic rings. The third-order valence-corrected chi connectivity index (χ3v) is 10.6. The number of nitrogens with two attached hydrogens (primary N) is 1. The van der Waals surface area contributed by atoms with Gasteiger partial charge in [-0.1, -0.05) is 0 Å². The molecule has 0 aromatic carbocycles. The van der Waals surface area contributed by atoms with Gasteiger partial charge in [0.05, 0.1) is 12.0 Å². The molecule has 0 bridgehead atoms. The number of hydrogen-bond donors (Lipinski definition) is 6. The van der Waals surface area contributed by atoms with Gasteiger partial charge in [0.2, 0.25) is 0 Å². The molecule has 6 atom stereocenters. The minimum absolute atomic E-state index is 0.131. The third-order valence-electron chi connectivity index (χ3n) is 4.97. The van der Waals surface area contributed by atoms with Crippen LogP contribution in [0.5, 0.6) is 0 Å². The lowest BCUT2D eigenvalue weighted by atomic mass is 9.96. The smallest absolute Gasteiger partial charge is 0.387 e. The minimum Gasteiger partial charge on any atom is -0.387 e. The van der Waals surface area contributed by atoms with E-state index in [2.05, 4.69) is 14.3 Å². The fourth-order valence-corrected chi connectivity index (χ4v) is 7.46. The number of alkyl halides is 2. The molecule has 1 saturated heterocycles. The van der Waals surface area contributed by atoms with Crippen LogP contribution >= 0.6 is 22.7 Å². The Kier molecular flexibility index (Phi) is 6.97. The van der Waals surface area contributed by atoms with Crippen molar-refractivity contribution in [1.29, 1.82) is 0 Å². The molecular formula is C13H20BF2N4O11P3. The van der Waals surface area contributed by atoms with Gasteiger partial charge in [0.15, 0.2) is 6.23 Å². The Hall–Kier alpha value is -1.29. The monoisotopic (exact) mass is 550 g/mol. The fraction of sp³-hybridized carbons (Fsp3) is 0.538. The van der Waals surface area contributed by atoms with Gasteiger partial charge in [0.25, 0.3) is 15.0 Å². The van der Waals surface area contributed by atoms with Crippen molar-refractivity contribution >= 4 is 47.1 Å². The lowest BCUT2D eigenvalue weighted by molar-refractivity contribution is -0.0945. The maximum atomic E-state index is 13.6. The van der Waals surface area contributed by atoms with Crippen LogP contribution in [0.15, 0.2) is 18.6 Å². The zero-order valence-corrected chi connectivity index (χ0v) is 20.1. The van der Waals surface area contributed by atoms with Crippen molar-refractivity contribution in [3.63, 3.8) is 0 Å². The van der Waals surface area contributed by atoms with Crippen molar-refractivity contribution in [2.24, 2.45) is 0 Å². The van der Waals surface area contributed by atoms with E-state index in [4.69, 9.17) is 24.8 Å². The first-order valence-corrected chi connectivity index (χ1v) is 14.3. The topological polar surface area (TPSA) is 237 Å². The number of aliphatic hydroxyl groups excluding tert-OH is 1. The van der Waals surface area contributed by atoms with Crippen molar-refractivity contribution in [3.8, 4) is 0 Å². The molecule has 3 unspecified atom stereocenters. The number of fused-ring (bicyclic) bond motifs is 1. The van der Waals surface area contributed by atoms with Gasteiger partial charge in [0, 0.05) is 6.20 Å². The first kappa shape index (κ1) is 27.3. The summed E-state index contributed by atoms with van der Waals surface area (Å²) in [5.41, 5.74) is 4.00. The van der Waals surface area contributed by atoms with Crippen molar-refractivity contribution in [2.75, 3.05) is 12.3 Å². The van der Waals surface area contributed by atoms with E-state index in [1.165, 1.54) is 23.8 Å². The van der Waals surface area contributed by atoms with E-state index in [-0.39, 0.29) is 11.5 Å². The summed E-state index contributed by atoms with van der Waals surface area (Å²) in [4.78, 5) is 34.4. The van der Waals surface area contributed by atoms with Gasteiger partial charge in [0.1, 0.15) is 35.6 Å². The molecule has 0 saturated carbocycles. The van der Waals surface area contributed by atoms with Crippen LogP contribution in [0.3, 0.4) is 0 Å². The van der Waals surface area contributed by atoms with E-state index in [1.807, 2.05) is 0 Å². The van der Waals surface area contributed by atoms with Gasteiger partial charge >= 0.3 is 20.6 Å². The Bertz CT molecular complexity index is 1240. The van der Waals surface area contributed by atoms with Crippen molar-refractivity contribution < 1.29 is 60.9 Å². The highest BCUT2D eigenvalue weighted by molar-refractivity contribution is 7.86. The van der Waals surface area contributed by atoms with Crippen LogP contribution in [0.1, 0.15) is 13.2 Å². The van der Waals surface area contributed by atoms with Crippen LogP contribution in [0.2, 0.25) is 0 Å². The second kappa shape index (κ2) is 8.68. The maximum absolute atomic E-state index is 13.6. The zero-order valence-electron chi connectivity index (χ0n) is 17.4. The molecule has 1 aliphatic rings. The normalized spacial score (nSPS) is 29.7. The summed E-state index contributed by atoms with van der Waals surface area (Å²) in [5, 5.41) is 16.2. The molecule has 0 amide bonds. The Balaban J connectivity index is 1.78. The molecule has 34 heavy (non-hydrogen) atoms. The predicted octanol–water partition coefficient (Wildman–Crippen LogP) is -0.289. The first-order chi connectivity index (χ1) is 15.3. The van der Waals surface area contributed by atoms with E-state index < -0.39 is 58.7 Å². The van der Waals surface area contributed by atoms with E-state index in [0.29, 0.717) is 13.0 Å². The van der Waals surface area contributed by atoms with Gasteiger partial charge in [-0.15, -0.1) is 0 Å². The Morgan fingerprint density at radius 1 is 1.32 bits per heavy atom. The standard InChI is InChI=1S/C13H20BF2N4O11P3/c1-12(22)8(21)7(30-11(12)20-3-2-6-9(17)18-5-19-10(6)20)4-29-34(14,28)31-33(26,27)13(15,16)32(23,24)25/h2-3,5,7-8,11,21-22H,4,14H2,1H3,(H,26,27)(H2,17,18,19)(H2,23,24,25)/t7-,8?,11-,12-,34?/m1/s1. The van der Waals surface area contributed by atoms with Crippen molar-refractivity contribution in [2.45, 2.75) is 36.4 Å². The van der Waals surface area contributed by atoms with Gasteiger partial charge in [-0.25, -0.2) is 14.3 Å². The number of anilines is 1. The third kappa shape index (κ3) is 4.73. The zero-order chi connectivity index (χ0) is 25.9. The Morgan fingerprint density at radius 2 is 1.94 bits per heavy atom. The highest BCUT2D eigenvalue weighted by atomic mass is 31.3. The number of rotatable bonds is 8. The molecule has 3 heterocycles. The molecule has 190 valence electrons. The molecule has 2 aromatic heterocycles. The fourth-order valence-electron chi connectivity index (χ4n) is 3.20. The molecule has 1 aliphatic heterocycles. The van der Waals surface area contributed by atoms with Crippen LogP contribution in [0.25, 0.3) is 11.0 Å². The Labute approximate surface area is 190 Å². The van der Waals surface area contributed by atoms with Crippen molar-refractivity contribution in [3.05, 3.63) is 18.6 Å². The molecule has 1 fully saturated rings.